The van der Waals surface area contributed by atoms with Gasteiger partial charge >= 0.3 is 5.97 Å². The van der Waals surface area contributed by atoms with Crippen molar-refractivity contribution in [3.05, 3.63) is 47.3 Å². The molecule has 1 N–H and O–H groups in total. The molecule has 94 valence electrons. The van der Waals surface area contributed by atoms with E-state index in [1.54, 1.807) is 13.0 Å². The summed E-state index contributed by atoms with van der Waals surface area (Å²) < 4.78 is 30.7. The lowest BCUT2D eigenvalue weighted by atomic mass is 10.1. The van der Waals surface area contributed by atoms with Gasteiger partial charge < -0.3 is 9.72 Å². The Morgan fingerprint density at radius 2 is 1.94 bits per heavy atom. The Hall–Kier alpha value is -2.17. The predicted octanol–water partition coefficient (Wildman–Crippen LogP) is 3.05. The molecule has 0 aliphatic heterocycles. The highest BCUT2D eigenvalue weighted by atomic mass is 19.2. The number of halogens is 2. The minimum atomic E-state index is -0.956. The van der Waals surface area contributed by atoms with Crippen molar-refractivity contribution in [2.45, 2.75) is 6.92 Å². The van der Waals surface area contributed by atoms with Crippen LogP contribution in [0.3, 0.4) is 0 Å². The SMILES string of the molecule is COC(=O)c1[nH]c(C)cc1-c1ccc(F)c(F)c1. The Labute approximate surface area is 102 Å². The lowest BCUT2D eigenvalue weighted by Gasteiger charge is -2.03. The van der Waals surface area contributed by atoms with Crippen molar-refractivity contribution in [3.8, 4) is 11.1 Å². The summed E-state index contributed by atoms with van der Waals surface area (Å²) in [6.07, 6.45) is 0. The number of hydrogen-bond acceptors (Lipinski definition) is 2. The van der Waals surface area contributed by atoms with E-state index in [4.69, 9.17) is 0 Å². The summed E-state index contributed by atoms with van der Waals surface area (Å²) in [5.74, 6) is -2.43. The van der Waals surface area contributed by atoms with E-state index in [-0.39, 0.29) is 5.69 Å². The molecule has 0 fully saturated rings. The monoisotopic (exact) mass is 251 g/mol. The second kappa shape index (κ2) is 4.60. The molecule has 0 radical (unpaired) electrons. The molecule has 0 spiro atoms. The van der Waals surface area contributed by atoms with E-state index >= 15 is 0 Å². The second-order valence-corrected chi connectivity index (χ2v) is 3.86. The molecule has 0 bridgehead atoms. The molecule has 2 rings (SSSR count). The van der Waals surface area contributed by atoms with Crippen LogP contribution in [0.2, 0.25) is 0 Å². The maximum atomic E-state index is 13.2. The summed E-state index contributed by atoms with van der Waals surface area (Å²) in [5.41, 5.74) is 1.85. The fourth-order valence-electron chi connectivity index (χ4n) is 1.74. The van der Waals surface area contributed by atoms with Crippen LogP contribution in [0, 0.1) is 18.6 Å². The number of carbonyl (C=O) groups is 1. The Morgan fingerprint density at radius 1 is 1.22 bits per heavy atom. The zero-order chi connectivity index (χ0) is 13.3. The van der Waals surface area contributed by atoms with Gasteiger partial charge in [0.2, 0.25) is 0 Å². The maximum absolute atomic E-state index is 13.2. The first-order chi connectivity index (χ1) is 8.52. The minimum absolute atomic E-state index is 0.223. The van der Waals surface area contributed by atoms with Gasteiger partial charge in [-0.2, -0.15) is 0 Å². The van der Waals surface area contributed by atoms with Gasteiger partial charge in [-0.25, -0.2) is 13.6 Å². The number of aromatic nitrogens is 1. The van der Waals surface area contributed by atoms with Crippen molar-refractivity contribution >= 4 is 5.97 Å². The Bertz CT molecular complexity index is 605. The number of esters is 1. The molecule has 1 heterocycles. The quantitative estimate of drug-likeness (QED) is 0.833. The first-order valence-electron chi connectivity index (χ1n) is 5.26. The highest BCUT2D eigenvalue weighted by molar-refractivity contribution is 5.95. The summed E-state index contributed by atoms with van der Waals surface area (Å²) >= 11 is 0. The summed E-state index contributed by atoms with van der Waals surface area (Å²) in [5, 5.41) is 0. The van der Waals surface area contributed by atoms with Gasteiger partial charge in [0, 0.05) is 11.3 Å². The lowest BCUT2D eigenvalue weighted by molar-refractivity contribution is 0.0595. The molecule has 2 aromatic rings. The average Bonchev–Trinajstić information content (AvgIpc) is 2.74. The molecule has 0 aliphatic carbocycles. The number of ether oxygens (including phenoxy) is 1. The second-order valence-electron chi connectivity index (χ2n) is 3.86. The lowest BCUT2D eigenvalue weighted by Crippen LogP contribution is -2.03. The van der Waals surface area contributed by atoms with Gasteiger partial charge in [-0.15, -0.1) is 0 Å². The van der Waals surface area contributed by atoms with Gasteiger partial charge in [-0.3, -0.25) is 0 Å². The topological polar surface area (TPSA) is 42.1 Å². The van der Waals surface area contributed by atoms with Crippen molar-refractivity contribution in [2.75, 3.05) is 7.11 Å². The fourth-order valence-corrected chi connectivity index (χ4v) is 1.74. The van der Waals surface area contributed by atoms with Crippen LogP contribution in [0.1, 0.15) is 16.2 Å². The number of H-pyrrole nitrogens is 1. The third kappa shape index (κ3) is 2.11. The number of hydrogen-bond donors (Lipinski definition) is 1. The molecule has 0 saturated carbocycles. The molecule has 3 nitrogen and oxygen atoms in total. The van der Waals surface area contributed by atoms with Gasteiger partial charge in [0.05, 0.1) is 7.11 Å². The Morgan fingerprint density at radius 3 is 2.56 bits per heavy atom. The van der Waals surface area contributed by atoms with Crippen LogP contribution < -0.4 is 0 Å². The fraction of sp³-hybridized carbons (Fsp3) is 0.154. The van der Waals surface area contributed by atoms with Crippen molar-refractivity contribution in [3.63, 3.8) is 0 Å². The van der Waals surface area contributed by atoms with Crippen LogP contribution in [0.25, 0.3) is 11.1 Å². The normalized spacial score (nSPS) is 10.4. The van der Waals surface area contributed by atoms with E-state index in [0.717, 1.165) is 17.8 Å². The summed E-state index contributed by atoms with van der Waals surface area (Å²) in [6.45, 7) is 1.76. The molecule has 1 aromatic heterocycles. The summed E-state index contributed by atoms with van der Waals surface area (Å²) in [4.78, 5) is 14.4. The van der Waals surface area contributed by atoms with E-state index in [9.17, 15) is 13.6 Å². The molecule has 0 aliphatic rings. The number of methoxy groups -OCH3 is 1. The van der Waals surface area contributed by atoms with Gasteiger partial charge in [0.25, 0.3) is 0 Å². The number of nitrogens with one attached hydrogen (secondary N) is 1. The Kier molecular flexibility index (Phi) is 3.14. The smallest absolute Gasteiger partial charge is 0.355 e. The first kappa shape index (κ1) is 12.3. The van der Waals surface area contributed by atoms with Crippen molar-refractivity contribution in [2.24, 2.45) is 0 Å². The van der Waals surface area contributed by atoms with E-state index in [0.29, 0.717) is 11.1 Å². The third-order valence-corrected chi connectivity index (χ3v) is 2.57. The molecular weight excluding hydrogens is 240 g/mol. The predicted molar refractivity (Wildman–Crippen MR) is 62.2 cm³/mol. The molecule has 18 heavy (non-hydrogen) atoms. The van der Waals surface area contributed by atoms with Crippen LogP contribution in [0.4, 0.5) is 8.78 Å². The van der Waals surface area contributed by atoms with Gasteiger partial charge in [-0.05, 0) is 30.7 Å². The van der Waals surface area contributed by atoms with Crippen molar-refractivity contribution in [1.29, 1.82) is 0 Å². The molecule has 0 saturated heterocycles. The van der Waals surface area contributed by atoms with E-state index in [2.05, 4.69) is 9.72 Å². The summed E-state index contributed by atoms with van der Waals surface area (Å²) in [6, 6.07) is 5.16. The van der Waals surface area contributed by atoms with E-state index < -0.39 is 17.6 Å². The minimum Gasteiger partial charge on any atom is -0.464 e. The van der Waals surface area contributed by atoms with Crippen LogP contribution in [-0.4, -0.2) is 18.1 Å². The zero-order valence-electron chi connectivity index (χ0n) is 9.88. The molecule has 0 atom stereocenters. The van der Waals surface area contributed by atoms with E-state index in [1.165, 1.54) is 13.2 Å². The third-order valence-electron chi connectivity index (χ3n) is 2.57. The van der Waals surface area contributed by atoms with Crippen LogP contribution in [-0.2, 0) is 4.74 Å². The van der Waals surface area contributed by atoms with Crippen LogP contribution in [0.15, 0.2) is 24.3 Å². The van der Waals surface area contributed by atoms with Crippen LogP contribution in [0.5, 0.6) is 0 Å². The Balaban J connectivity index is 2.56. The van der Waals surface area contributed by atoms with Gasteiger partial charge in [0.1, 0.15) is 5.69 Å². The average molecular weight is 251 g/mol. The maximum Gasteiger partial charge on any atom is 0.355 e. The first-order valence-corrected chi connectivity index (χ1v) is 5.26. The number of aromatic amines is 1. The molecule has 5 heteroatoms. The standard InChI is InChI=1S/C13H11F2NO2/c1-7-5-9(12(16-7)13(17)18-2)8-3-4-10(14)11(15)6-8/h3-6,16H,1-2H3. The highest BCUT2D eigenvalue weighted by Crippen LogP contribution is 2.26. The van der Waals surface area contributed by atoms with Crippen molar-refractivity contribution < 1.29 is 18.3 Å². The van der Waals surface area contributed by atoms with Crippen LogP contribution >= 0.6 is 0 Å². The number of rotatable bonds is 2. The molecule has 0 unspecified atom stereocenters. The number of carbonyl (C=O) groups excluding carboxylic acids is 1. The highest BCUT2D eigenvalue weighted by Gasteiger charge is 2.17. The summed E-state index contributed by atoms with van der Waals surface area (Å²) in [7, 11) is 1.26. The van der Waals surface area contributed by atoms with Gasteiger partial charge in [-0.1, -0.05) is 6.07 Å². The van der Waals surface area contributed by atoms with Crippen molar-refractivity contribution in [1.82, 2.24) is 4.98 Å². The zero-order valence-corrected chi connectivity index (χ0v) is 9.88. The molecular formula is C13H11F2NO2. The molecule has 1 aromatic carbocycles. The van der Waals surface area contributed by atoms with E-state index in [1.807, 2.05) is 0 Å². The largest absolute Gasteiger partial charge is 0.464 e. The number of aryl methyl sites for hydroxylation is 1. The van der Waals surface area contributed by atoms with Gasteiger partial charge in [0.15, 0.2) is 11.6 Å². The number of benzene rings is 1. The molecule has 0 amide bonds.